The summed E-state index contributed by atoms with van der Waals surface area (Å²) in [7, 11) is 0. The summed E-state index contributed by atoms with van der Waals surface area (Å²) in [4.78, 5) is 0. The number of nitrogens with zero attached hydrogens (tertiary/aromatic N) is 2. The first kappa shape index (κ1) is 10.4. The molecule has 0 aliphatic carbocycles. The van der Waals surface area contributed by atoms with E-state index >= 15 is 0 Å². The summed E-state index contributed by atoms with van der Waals surface area (Å²) in [6, 6.07) is 9.70. The lowest BCUT2D eigenvalue weighted by molar-refractivity contribution is 1.03. The number of benzene rings is 1. The van der Waals surface area contributed by atoms with E-state index in [2.05, 4.69) is 10.2 Å². The van der Waals surface area contributed by atoms with Gasteiger partial charge in [-0.05, 0) is 18.6 Å². The molecule has 0 bridgehead atoms. The Balaban J connectivity index is 2.53. The van der Waals surface area contributed by atoms with E-state index in [1.807, 2.05) is 31.2 Å². The van der Waals surface area contributed by atoms with Gasteiger partial charge in [-0.3, -0.25) is 0 Å². The molecule has 0 N–H and O–H groups in total. The van der Waals surface area contributed by atoms with Crippen LogP contribution in [0.5, 0.6) is 0 Å². The highest BCUT2D eigenvalue weighted by molar-refractivity contribution is 6.33. The van der Waals surface area contributed by atoms with Crippen molar-refractivity contribution in [1.29, 1.82) is 0 Å². The van der Waals surface area contributed by atoms with Gasteiger partial charge in [-0.25, -0.2) is 0 Å². The van der Waals surface area contributed by atoms with Gasteiger partial charge in [-0.15, -0.1) is 10.2 Å². The topological polar surface area (TPSA) is 25.8 Å². The Labute approximate surface area is 97.9 Å². The van der Waals surface area contributed by atoms with E-state index in [-0.39, 0.29) is 0 Å². The molecular formula is C11H8Cl2N2. The fourth-order valence-electron chi connectivity index (χ4n) is 1.29. The van der Waals surface area contributed by atoms with Crippen LogP contribution < -0.4 is 0 Å². The summed E-state index contributed by atoms with van der Waals surface area (Å²) in [6.07, 6.45) is 0. The number of rotatable bonds is 1. The van der Waals surface area contributed by atoms with Gasteiger partial charge < -0.3 is 0 Å². The highest BCUT2D eigenvalue weighted by Crippen LogP contribution is 2.27. The average Bonchev–Trinajstić information content (AvgIpc) is 2.23. The summed E-state index contributed by atoms with van der Waals surface area (Å²) in [5, 5.41) is 8.13. The zero-order valence-corrected chi connectivity index (χ0v) is 9.55. The average molecular weight is 239 g/mol. The van der Waals surface area contributed by atoms with Crippen molar-refractivity contribution in [1.82, 2.24) is 10.2 Å². The van der Waals surface area contributed by atoms with Crippen LogP contribution in [0.2, 0.25) is 10.3 Å². The maximum Gasteiger partial charge on any atom is 0.159 e. The Kier molecular flexibility index (Phi) is 2.89. The molecule has 0 aliphatic rings. The van der Waals surface area contributed by atoms with E-state index in [1.165, 1.54) is 5.56 Å². The van der Waals surface area contributed by atoms with Gasteiger partial charge in [0.05, 0.1) is 0 Å². The van der Waals surface area contributed by atoms with Gasteiger partial charge in [0, 0.05) is 5.56 Å². The summed E-state index contributed by atoms with van der Waals surface area (Å²) in [5.74, 6) is 0. The molecule has 76 valence electrons. The van der Waals surface area contributed by atoms with Crippen molar-refractivity contribution >= 4 is 23.2 Å². The van der Waals surface area contributed by atoms with Crippen LogP contribution in [0.25, 0.3) is 11.1 Å². The molecule has 2 rings (SSSR count). The van der Waals surface area contributed by atoms with Crippen LogP contribution >= 0.6 is 23.2 Å². The molecule has 2 aromatic rings. The predicted molar refractivity (Wildman–Crippen MR) is 62.2 cm³/mol. The fourth-order valence-corrected chi connectivity index (χ4v) is 1.64. The van der Waals surface area contributed by atoms with Crippen LogP contribution in [-0.4, -0.2) is 10.2 Å². The third kappa shape index (κ3) is 2.28. The number of halogens is 2. The minimum Gasteiger partial charge on any atom is -0.137 e. The van der Waals surface area contributed by atoms with Crippen molar-refractivity contribution in [3.63, 3.8) is 0 Å². The summed E-state index contributed by atoms with van der Waals surface area (Å²) < 4.78 is 0. The molecule has 0 aliphatic heterocycles. The Morgan fingerprint density at radius 3 is 2.33 bits per heavy atom. The minimum atomic E-state index is 0.343. The van der Waals surface area contributed by atoms with Crippen molar-refractivity contribution in [2.45, 2.75) is 6.92 Å². The molecule has 0 saturated carbocycles. The zero-order chi connectivity index (χ0) is 10.8. The first-order valence-electron chi connectivity index (χ1n) is 4.42. The lowest BCUT2D eigenvalue weighted by atomic mass is 10.1. The summed E-state index contributed by atoms with van der Waals surface area (Å²) in [5.41, 5.74) is 2.99. The monoisotopic (exact) mass is 238 g/mol. The highest BCUT2D eigenvalue weighted by atomic mass is 35.5. The number of aryl methyl sites for hydroxylation is 1. The standard InChI is InChI=1S/C11H8Cl2N2/c1-7-2-4-8(5-3-7)9-6-10(12)14-15-11(9)13/h2-6H,1H3. The van der Waals surface area contributed by atoms with Gasteiger partial charge in [0.25, 0.3) is 0 Å². The van der Waals surface area contributed by atoms with E-state index in [0.29, 0.717) is 10.3 Å². The van der Waals surface area contributed by atoms with Gasteiger partial charge in [0.2, 0.25) is 0 Å². The molecule has 1 aromatic heterocycles. The van der Waals surface area contributed by atoms with Crippen LogP contribution in [0.3, 0.4) is 0 Å². The predicted octanol–water partition coefficient (Wildman–Crippen LogP) is 3.76. The van der Waals surface area contributed by atoms with Crippen LogP contribution in [0, 0.1) is 6.92 Å². The maximum absolute atomic E-state index is 5.94. The largest absolute Gasteiger partial charge is 0.159 e. The second-order valence-electron chi connectivity index (χ2n) is 3.24. The molecule has 0 saturated heterocycles. The lowest BCUT2D eigenvalue weighted by Gasteiger charge is -2.03. The van der Waals surface area contributed by atoms with Crippen LogP contribution in [0.1, 0.15) is 5.56 Å². The molecule has 0 unspecified atom stereocenters. The van der Waals surface area contributed by atoms with Gasteiger partial charge >= 0.3 is 0 Å². The molecule has 0 spiro atoms. The molecule has 2 nitrogen and oxygen atoms in total. The first-order chi connectivity index (χ1) is 7.16. The van der Waals surface area contributed by atoms with Gasteiger partial charge in [-0.1, -0.05) is 53.0 Å². The van der Waals surface area contributed by atoms with Crippen molar-refractivity contribution in [2.75, 3.05) is 0 Å². The molecular weight excluding hydrogens is 231 g/mol. The quantitative estimate of drug-likeness (QED) is 0.757. The maximum atomic E-state index is 5.94. The van der Waals surface area contributed by atoms with E-state index in [9.17, 15) is 0 Å². The van der Waals surface area contributed by atoms with Crippen molar-refractivity contribution in [3.8, 4) is 11.1 Å². The normalized spacial score (nSPS) is 10.3. The molecule has 0 amide bonds. The van der Waals surface area contributed by atoms with Crippen LogP contribution in [0.15, 0.2) is 30.3 Å². The SMILES string of the molecule is Cc1ccc(-c2cc(Cl)nnc2Cl)cc1. The van der Waals surface area contributed by atoms with Crippen molar-refractivity contribution < 1.29 is 0 Å². The molecule has 4 heteroatoms. The van der Waals surface area contributed by atoms with E-state index in [4.69, 9.17) is 23.2 Å². The molecule has 15 heavy (non-hydrogen) atoms. The van der Waals surface area contributed by atoms with Gasteiger partial charge in [0.15, 0.2) is 10.3 Å². The van der Waals surface area contributed by atoms with Crippen LogP contribution in [-0.2, 0) is 0 Å². The summed E-state index contributed by atoms with van der Waals surface area (Å²) in [6.45, 7) is 2.03. The highest BCUT2D eigenvalue weighted by Gasteiger charge is 2.06. The third-order valence-corrected chi connectivity index (χ3v) is 2.55. The smallest absolute Gasteiger partial charge is 0.137 e. The van der Waals surface area contributed by atoms with E-state index < -0.39 is 0 Å². The Hall–Kier alpha value is -1.12. The number of hydrogen-bond donors (Lipinski definition) is 0. The zero-order valence-electron chi connectivity index (χ0n) is 8.04. The Morgan fingerprint density at radius 2 is 1.67 bits per heavy atom. The van der Waals surface area contributed by atoms with E-state index in [0.717, 1.165) is 11.1 Å². The lowest BCUT2D eigenvalue weighted by Crippen LogP contribution is -1.87. The molecule has 1 aromatic carbocycles. The summed E-state index contributed by atoms with van der Waals surface area (Å²) >= 11 is 11.7. The van der Waals surface area contributed by atoms with Crippen LogP contribution in [0.4, 0.5) is 0 Å². The van der Waals surface area contributed by atoms with Gasteiger partial charge in [-0.2, -0.15) is 0 Å². The van der Waals surface area contributed by atoms with Gasteiger partial charge in [0.1, 0.15) is 0 Å². The first-order valence-corrected chi connectivity index (χ1v) is 5.18. The second-order valence-corrected chi connectivity index (χ2v) is 3.98. The Bertz CT molecular complexity index is 480. The molecule has 1 heterocycles. The third-order valence-electron chi connectivity index (χ3n) is 2.08. The fraction of sp³-hybridized carbons (Fsp3) is 0.0909. The minimum absolute atomic E-state index is 0.343. The van der Waals surface area contributed by atoms with E-state index in [1.54, 1.807) is 6.07 Å². The molecule has 0 atom stereocenters. The van der Waals surface area contributed by atoms with Crippen molar-refractivity contribution in [3.05, 3.63) is 46.2 Å². The van der Waals surface area contributed by atoms with Crippen molar-refractivity contribution in [2.24, 2.45) is 0 Å². The molecule has 0 fully saturated rings. The second kappa shape index (κ2) is 4.17. The number of hydrogen-bond acceptors (Lipinski definition) is 2. The molecule has 0 radical (unpaired) electrons. The number of aromatic nitrogens is 2. The Morgan fingerprint density at radius 1 is 1.00 bits per heavy atom.